The topological polar surface area (TPSA) is 91.9 Å². The Bertz CT molecular complexity index is 1080. The first-order chi connectivity index (χ1) is 14.2. The Morgan fingerprint density at radius 1 is 1.07 bits per heavy atom. The molecule has 0 saturated heterocycles. The Kier molecular flexibility index (Phi) is 4.80. The second-order valence-corrected chi connectivity index (χ2v) is 6.69. The van der Waals surface area contributed by atoms with Gasteiger partial charge in [-0.25, -0.2) is 0 Å². The minimum Gasteiger partial charge on any atom is -0.438 e. The molecule has 156 valence electrons. The SMILES string of the molecule is Cc1nnc(-c2cncc(OC3=NO[C@](C)(c4ccc(OC(F)(F)F)cc4)C3)c2)o1. The molecule has 1 aliphatic rings. The average molecular weight is 420 g/mol. The van der Waals surface area contributed by atoms with Crippen LogP contribution >= 0.6 is 0 Å². The summed E-state index contributed by atoms with van der Waals surface area (Å²) in [5.41, 5.74) is 0.295. The second kappa shape index (κ2) is 7.32. The molecule has 4 rings (SSSR count). The molecule has 3 heterocycles. The molecule has 0 spiro atoms. The molecule has 0 fully saturated rings. The highest BCUT2D eigenvalue weighted by molar-refractivity contribution is 5.80. The van der Waals surface area contributed by atoms with Crippen LogP contribution in [0, 0.1) is 6.92 Å². The maximum Gasteiger partial charge on any atom is 0.573 e. The van der Waals surface area contributed by atoms with E-state index < -0.39 is 12.0 Å². The maximum absolute atomic E-state index is 12.3. The number of oxime groups is 1. The summed E-state index contributed by atoms with van der Waals surface area (Å²) in [5, 5.41) is 11.7. The molecule has 0 radical (unpaired) electrons. The van der Waals surface area contributed by atoms with E-state index in [4.69, 9.17) is 14.0 Å². The summed E-state index contributed by atoms with van der Waals surface area (Å²) in [6.07, 6.45) is -1.44. The Morgan fingerprint density at radius 3 is 2.50 bits per heavy atom. The summed E-state index contributed by atoms with van der Waals surface area (Å²) < 4.78 is 51.9. The number of benzene rings is 1. The molecule has 0 bridgehead atoms. The number of aryl methyl sites for hydroxylation is 1. The standard InChI is InChI=1S/C19H15F3N4O4/c1-11-24-25-17(27-11)12-7-15(10-23-9-12)28-16-8-18(2,30-26-16)13-3-5-14(6-4-13)29-19(20,21)22/h3-7,9-10H,8H2,1-2H3/t18-/m0/s1. The van der Waals surface area contributed by atoms with E-state index in [-0.39, 0.29) is 18.1 Å². The lowest BCUT2D eigenvalue weighted by atomic mass is 9.93. The minimum absolute atomic E-state index is 0.260. The fraction of sp³-hybridized carbons (Fsp3) is 0.263. The van der Waals surface area contributed by atoms with Crippen LogP contribution in [0.3, 0.4) is 0 Å². The monoisotopic (exact) mass is 420 g/mol. The number of rotatable bonds is 4. The number of pyridine rings is 1. The molecule has 1 atom stereocenters. The van der Waals surface area contributed by atoms with Crippen LogP contribution in [0.1, 0.15) is 24.8 Å². The van der Waals surface area contributed by atoms with E-state index in [1.807, 2.05) is 0 Å². The molecule has 8 nitrogen and oxygen atoms in total. The summed E-state index contributed by atoms with van der Waals surface area (Å²) in [4.78, 5) is 9.60. The Morgan fingerprint density at radius 2 is 1.83 bits per heavy atom. The average Bonchev–Trinajstić information content (AvgIpc) is 3.28. The van der Waals surface area contributed by atoms with E-state index in [9.17, 15) is 13.2 Å². The fourth-order valence-electron chi connectivity index (χ4n) is 2.86. The van der Waals surface area contributed by atoms with Crippen LogP contribution in [0.15, 0.2) is 52.3 Å². The summed E-state index contributed by atoms with van der Waals surface area (Å²) >= 11 is 0. The van der Waals surface area contributed by atoms with Crippen molar-refractivity contribution in [2.75, 3.05) is 0 Å². The molecule has 3 aromatic rings. The predicted octanol–water partition coefficient (Wildman–Crippen LogP) is 4.37. The van der Waals surface area contributed by atoms with Gasteiger partial charge in [0.2, 0.25) is 17.7 Å². The van der Waals surface area contributed by atoms with Gasteiger partial charge in [-0.15, -0.1) is 23.4 Å². The molecule has 0 saturated carbocycles. The van der Waals surface area contributed by atoms with Crippen LogP contribution < -0.4 is 9.47 Å². The van der Waals surface area contributed by atoms with Gasteiger partial charge in [0.1, 0.15) is 11.5 Å². The van der Waals surface area contributed by atoms with Crippen LogP contribution in [-0.4, -0.2) is 27.4 Å². The lowest BCUT2D eigenvalue weighted by Gasteiger charge is -2.21. The number of halogens is 3. The third kappa shape index (κ3) is 4.34. The van der Waals surface area contributed by atoms with Crippen molar-refractivity contribution in [3.63, 3.8) is 0 Å². The third-order valence-electron chi connectivity index (χ3n) is 4.26. The van der Waals surface area contributed by atoms with Crippen molar-refractivity contribution in [2.24, 2.45) is 5.16 Å². The van der Waals surface area contributed by atoms with Crippen molar-refractivity contribution in [1.82, 2.24) is 15.2 Å². The smallest absolute Gasteiger partial charge is 0.438 e. The van der Waals surface area contributed by atoms with E-state index in [0.717, 1.165) is 0 Å². The highest BCUT2D eigenvalue weighted by atomic mass is 19.4. The van der Waals surface area contributed by atoms with Crippen LogP contribution in [0.5, 0.6) is 11.5 Å². The van der Waals surface area contributed by atoms with Crippen LogP contribution in [0.25, 0.3) is 11.5 Å². The van der Waals surface area contributed by atoms with Gasteiger partial charge in [0, 0.05) is 13.1 Å². The summed E-state index contributed by atoms with van der Waals surface area (Å²) in [5.74, 6) is 1.09. The van der Waals surface area contributed by atoms with E-state index >= 15 is 0 Å². The molecule has 30 heavy (non-hydrogen) atoms. The zero-order chi connectivity index (χ0) is 21.4. The van der Waals surface area contributed by atoms with Gasteiger partial charge in [0.05, 0.1) is 18.2 Å². The first kappa shape index (κ1) is 19.7. The minimum atomic E-state index is -4.75. The number of hydrogen-bond donors (Lipinski definition) is 0. The normalized spacial score (nSPS) is 18.6. The summed E-state index contributed by atoms with van der Waals surface area (Å²) in [6.45, 7) is 3.43. The van der Waals surface area contributed by atoms with Gasteiger partial charge in [-0.05, 0) is 30.7 Å². The fourth-order valence-corrected chi connectivity index (χ4v) is 2.86. The van der Waals surface area contributed by atoms with Crippen molar-refractivity contribution in [1.29, 1.82) is 0 Å². The molecule has 0 unspecified atom stereocenters. The van der Waals surface area contributed by atoms with E-state index in [2.05, 4.69) is 25.1 Å². The van der Waals surface area contributed by atoms with Crippen molar-refractivity contribution >= 4 is 5.90 Å². The van der Waals surface area contributed by atoms with E-state index in [0.29, 0.717) is 28.7 Å². The number of hydrogen-bond acceptors (Lipinski definition) is 8. The van der Waals surface area contributed by atoms with Crippen molar-refractivity contribution < 1.29 is 31.9 Å². The summed E-state index contributed by atoms with van der Waals surface area (Å²) in [7, 11) is 0. The Hall–Kier alpha value is -3.63. The van der Waals surface area contributed by atoms with Crippen molar-refractivity contribution in [3.8, 4) is 23.0 Å². The molecule has 0 aliphatic carbocycles. The molecule has 11 heteroatoms. The quantitative estimate of drug-likeness (QED) is 0.619. The molecule has 0 N–H and O–H groups in total. The highest BCUT2D eigenvalue weighted by Gasteiger charge is 2.38. The van der Waals surface area contributed by atoms with Gasteiger partial charge in [0.15, 0.2) is 5.60 Å². The van der Waals surface area contributed by atoms with Gasteiger partial charge in [-0.2, -0.15) is 0 Å². The Labute approximate surface area is 168 Å². The van der Waals surface area contributed by atoms with E-state index in [1.165, 1.54) is 30.5 Å². The number of alkyl halides is 3. The largest absolute Gasteiger partial charge is 0.573 e. The number of ether oxygens (including phenoxy) is 2. The lowest BCUT2D eigenvalue weighted by molar-refractivity contribution is -0.274. The summed E-state index contributed by atoms with van der Waals surface area (Å²) in [6, 6.07) is 7.08. The maximum atomic E-state index is 12.3. The van der Waals surface area contributed by atoms with Crippen LogP contribution in [-0.2, 0) is 10.4 Å². The molecular formula is C19H15F3N4O4. The predicted molar refractivity (Wildman–Crippen MR) is 96.5 cm³/mol. The number of nitrogens with zero attached hydrogens (tertiary/aromatic N) is 4. The first-order valence-electron chi connectivity index (χ1n) is 8.75. The first-order valence-corrected chi connectivity index (χ1v) is 8.75. The van der Waals surface area contributed by atoms with Gasteiger partial charge < -0.3 is 18.7 Å². The van der Waals surface area contributed by atoms with Gasteiger partial charge in [0.25, 0.3) is 0 Å². The molecule has 1 aliphatic heterocycles. The molecule has 0 amide bonds. The zero-order valence-electron chi connectivity index (χ0n) is 15.8. The number of aromatic nitrogens is 3. The van der Waals surface area contributed by atoms with Gasteiger partial charge in [-0.3, -0.25) is 4.98 Å². The van der Waals surface area contributed by atoms with Crippen molar-refractivity contribution in [2.45, 2.75) is 32.2 Å². The molecule has 2 aromatic heterocycles. The Balaban J connectivity index is 1.44. The van der Waals surface area contributed by atoms with Crippen molar-refractivity contribution in [3.05, 3.63) is 54.2 Å². The lowest BCUT2D eigenvalue weighted by Crippen LogP contribution is -2.23. The zero-order valence-corrected chi connectivity index (χ0v) is 15.8. The molecular weight excluding hydrogens is 405 g/mol. The third-order valence-corrected chi connectivity index (χ3v) is 4.26. The second-order valence-electron chi connectivity index (χ2n) is 6.69. The van der Waals surface area contributed by atoms with E-state index in [1.54, 1.807) is 26.1 Å². The van der Waals surface area contributed by atoms with Gasteiger partial charge in [-0.1, -0.05) is 17.3 Å². The van der Waals surface area contributed by atoms with Gasteiger partial charge >= 0.3 is 6.36 Å². The van der Waals surface area contributed by atoms with Crippen LogP contribution in [0.4, 0.5) is 13.2 Å². The molecule has 1 aromatic carbocycles. The highest BCUT2D eigenvalue weighted by Crippen LogP contribution is 2.36. The van der Waals surface area contributed by atoms with Crippen LogP contribution in [0.2, 0.25) is 0 Å².